The summed E-state index contributed by atoms with van der Waals surface area (Å²) in [5.74, 6) is 2.39. The van der Waals surface area contributed by atoms with Gasteiger partial charge in [-0.25, -0.2) is 8.42 Å². The van der Waals surface area contributed by atoms with E-state index in [1.807, 2.05) is 44.2 Å². The number of hydrogen-bond donors (Lipinski definition) is 0. The quantitative estimate of drug-likeness (QED) is 0.200. The average Bonchev–Trinajstić information content (AvgIpc) is 3.57. The molecule has 5 heteroatoms. The van der Waals surface area contributed by atoms with Crippen LogP contribution in [0.3, 0.4) is 0 Å². The number of Topliss-reactive ketones (excluding diaryl/α,β-unsaturated/α-hetero) is 1. The minimum absolute atomic E-state index is 0.0323. The molecule has 0 aliphatic heterocycles. The predicted molar refractivity (Wildman–Crippen MR) is 205 cm³/mol. The fourth-order valence-electron chi connectivity index (χ4n) is 9.72. The molecule has 49 heavy (non-hydrogen) atoms. The molecule has 3 aromatic rings. The summed E-state index contributed by atoms with van der Waals surface area (Å²) in [5, 5.41) is 0. The molecule has 4 nitrogen and oxygen atoms in total. The van der Waals surface area contributed by atoms with Crippen molar-refractivity contribution in [3.8, 4) is 0 Å². The fraction of sp³-hybridized carbons (Fsp3) is 0.568. The zero-order chi connectivity index (χ0) is 35.7. The maximum atomic E-state index is 14.0. The zero-order valence-corrected chi connectivity index (χ0v) is 32.4. The Morgan fingerprint density at radius 1 is 0.878 bits per heavy atom. The van der Waals surface area contributed by atoms with Crippen molar-refractivity contribution >= 4 is 21.5 Å². The van der Waals surface area contributed by atoms with Crippen molar-refractivity contribution in [1.29, 1.82) is 0 Å². The largest absolute Gasteiger partial charge is 0.299 e. The van der Waals surface area contributed by atoms with Crippen molar-refractivity contribution in [1.82, 2.24) is 0 Å². The first-order valence-corrected chi connectivity index (χ1v) is 20.4. The number of carbonyl (C=O) groups excluding carboxylic acids is 1. The molecular formula is C44H61NO3S. The number of ketones is 1. The number of aryl methyl sites for hydroxylation is 2. The van der Waals surface area contributed by atoms with E-state index < -0.39 is 10.0 Å². The maximum absolute atomic E-state index is 14.0. The summed E-state index contributed by atoms with van der Waals surface area (Å²) < 4.78 is 29.8. The molecule has 7 atom stereocenters. The molecule has 3 aromatic carbocycles. The van der Waals surface area contributed by atoms with Gasteiger partial charge in [-0.05, 0) is 121 Å². The van der Waals surface area contributed by atoms with Crippen molar-refractivity contribution in [3.05, 3.63) is 95.1 Å². The smallest absolute Gasteiger partial charge is 0.264 e. The summed E-state index contributed by atoms with van der Waals surface area (Å²) in [6.45, 7) is 20.1. The molecule has 0 aromatic heterocycles. The lowest BCUT2D eigenvalue weighted by Crippen LogP contribution is -2.48. The lowest BCUT2D eigenvalue weighted by Gasteiger charge is -2.42. The summed E-state index contributed by atoms with van der Waals surface area (Å²) in [6, 6.07) is 24.1. The lowest BCUT2D eigenvalue weighted by atomic mass is 9.67. The minimum Gasteiger partial charge on any atom is -0.299 e. The highest BCUT2D eigenvalue weighted by Crippen LogP contribution is 2.69. The van der Waals surface area contributed by atoms with Crippen LogP contribution in [0.5, 0.6) is 0 Å². The summed E-state index contributed by atoms with van der Waals surface area (Å²) in [6.07, 6.45) is 9.30. The standard InChI is InChI=1S/C25H33NO2S.C19H28O/c1-17-14-18(2)16-20(15-17)26(29(27,28)21-10-8-7-9-11-21)23-19(3)25(6)13-12-22(23)24(25,4)5;1-4-5-6-7-14(2)16-8-10-17(11-9-16)18-12-13-19(20)15(18)3/h7-11,14-16,19,22-23H,12-13H2,1-6H3;8-11,14-15,18H,4-7,12-13H2,1-3H3/t;14-,15+,18-/m.0/s1. The predicted octanol–water partition coefficient (Wildman–Crippen LogP) is 11.4. The molecule has 0 spiro atoms. The topological polar surface area (TPSA) is 54.5 Å². The number of nitrogens with zero attached hydrogens (tertiary/aromatic N) is 1. The van der Waals surface area contributed by atoms with Crippen LogP contribution in [-0.4, -0.2) is 20.2 Å². The van der Waals surface area contributed by atoms with Crippen LogP contribution in [0.2, 0.25) is 0 Å². The van der Waals surface area contributed by atoms with Gasteiger partial charge in [-0.1, -0.05) is 116 Å². The third kappa shape index (κ3) is 7.16. The molecule has 266 valence electrons. The van der Waals surface area contributed by atoms with Gasteiger partial charge in [0.25, 0.3) is 10.0 Å². The molecule has 3 aliphatic rings. The molecule has 0 amide bonds. The van der Waals surface area contributed by atoms with E-state index in [0.29, 0.717) is 28.4 Å². The van der Waals surface area contributed by atoms with Gasteiger partial charge in [0.2, 0.25) is 0 Å². The molecule has 6 rings (SSSR count). The van der Waals surface area contributed by atoms with Crippen LogP contribution in [0, 0.1) is 42.4 Å². The first-order chi connectivity index (χ1) is 23.1. The number of unbranched alkanes of at least 4 members (excludes halogenated alkanes) is 2. The molecule has 0 saturated heterocycles. The summed E-state index contributed by atoms with van der Waals surface area (Å²) in [7, 11) is -3.67. The normalized spacial score (nSPS) is 27.9. The Kier molecular flexibility index (Phi) is 11.2. The molecule has 0 radical (unpaired) electrons. The molecule has 4 unspecified atom stereocenters. The van der Waals surface area contributed by atoms with Gasteiger partial charge in [-0.15, -0.1) is 0 Å². The third-order valence-electron chi connectivity index (χ3n) is 13.3. The van der Waals surface area contributed by atoms with E-state index in [-0.39, 0.29) is 28.7 Å². The Labute approximate surface area is 298 Å². The summed E-state index contributed by atoms with van der Waals surface area (Å²) in [5.41, 5.74) is 6.04. The molecule has 2 bridgehead atoms. The SMILES string of the molecule is CCCCC[C@H](C)c1ccc([C@H]2CCC(=O)[C@@H]2C)cc1.Cc1cc(C)cc(N(C2C3CCC(C)(C2C)C3(C)C)S(=O)(=O)c2ccccc2)c1. The van der Waals surface area contributed by atoms with Crippen LogP contribution in [0.25, 0.3) is 0 Å². The van der Waals surface area contributed by atoms with Crippen LogP contribution in [-0.2, 0) is 14.8 Å². The Hall–Kier alpha value is -2.92. The van der Waals surface area contributed by atoms with Crippen LogP contribution in [0.1, 0.15) is 134 Å². The van der Waals surface area contributed by atoms with Crippen molar-refractivity contribution < 1.29 is 13.2 Å². The summed E-state index contributed by atoms with van der Waals surface area (Å²) >= 11 is 0. The van der Waals surface area contributed by atoms with Crippen molar-refractivity contribution in [2.45, 2.75) is 136 Å². The number of fused-ring (bicyclic) bond motifs is 2. The van der Waals surface area contributed by atoms with Gasteiger partial charge < -0.3 is 0 Å². The van der Waals surface area contributed by atoms with Crippen molar-refractivity contribution in [2.75, 3.05) is 4.31 Å². The molecule has 3 aliphatic carbocycles. The Morgan fingerprint density at radius 3 is 2.04 bits per heavy atom. The van der Waals surface area contributed by atoms with Crippen LogP contribution >= 0.6 is 0 Å². The van der Waals surface area contributed by atoms with E-state index in [1.54, 1.807) is 16.4 Å². The molecule has 0 N–H and O–H groups in total. The van der Waals surface area contributed by atoms with E-state index >= 15 is 0 Å². The number of carbonyl (C=O) groups is 1. The highest BCUT2D eigenvalue weighted by atomic mass is 32.2. The van der Waals surface area contributed by atoms with E-state index in [0.717, 1.165) is 36.1 Å². The van der Waals surface area contributed by atoms with Crippen LogP contribution < -0.4 is 4.31 Å². The highest BCUT2D eigenvalue weighted by Gasteiger charge is 2.66. The fourth-order valence-corrected chi connectivity index (χ4v) is 11.5. The number of hydrogen-bond acceptors (Lipinski definition) is 3. The van der Waals surface area contributed by atoms with Gasteiger partial charge in [0, 0.05) is 12.3 Å². The molecular weight excluding hydrogens is 623 g/mol. The minimum atomic E-state index is -3.67. The Morgan fingerprint density at radius 2 is 1.51 bits per heavy atom. The van der Waals surface area contributed by atoms with Crippen LogP contribution in [0.15, 0.2) is 77.7 Å². The monoisotopic (exact) mass is 683 g/mol. The second-order valence-corrected chi connectivity index (χ2v) is 18.3. The van der Waals surface area contributed by atoms with Gasteiger partial charge in [0.15, 0.2) is 0 Å². The first kappa shape index (κ1) is 37.3. The number of benzene rings is 3. The van der Waals surface area contributed by atoms with Crippen LogP contribution in [0.4, 0.5) is 5.69 Å². The molecule has 0 heterocycles. The van der Waals surface area contributed by atoms with E-state index in [2.05, 4.69) is 78.8 Å². The third-order valence-corrected chi connectivity index (χ3v) is 15.2. The van der Waals surface area contributed by atoms with Gasteiger partial charge >= 0.3 is 0 Å². The second kappa shape index (κ2) is 14.7. The first-order valence-electron chi connectivity index (χ1n) is 18.9. The highest BCUT2D eigenvalue weighted by molar-refractivity contribution is 7.92. The molecule has 3 saturated carbocycles. The van der Waals surface area contributed by atoms with Crippen molar-refractivity contribution in [3.63, 3.8) is 0 Å². The maximum Gasteiger partial charge on any atom is 0.264 e. The van der Waals surface area contributed by atoms with Crippen molar-refractivity contribution in [2.24, 2.45) is 28.6 Å². The lowest BCUT2D eigenvalue weighted by molar-refractivity contribution is -0.120. The van der Waals surface area contributed by atoms with Gasteiger partial charge in [-0.3, -0.25) is 9.10 Å². The molecule has 3 fully saturated rings. The van der Waals surface area contributed by atoms with Gasteiger partial charge in [-0.2, -0.15) is 0 Å². The van der Waals surface area contributed by atoms with Gasteiger partial charge in [0.05, 0.1) is 16.6 Å². The zero-order valence-electron chi connectivity index (χ0n) is 31.6. The van der Waals surface area contributed by atoms with E-state index in [4.69, 9.17) is 0 Å². The number of sulfonamides is 1. The summed E-state index contributed by atoms with van der Waals surface area (Å²) in [4.78, 5) is 12.1. The second-order valence-electron chi connectivity index (χ2n) is 16.5. The Balaban J connectivity index is 0.000000205. The number of anilines is 1. The van der Waals surface area contributed by atoms with E-state index in [9.17, 15) is 13.2 Å². The number of rotatable bonds is 10. The van der Waals surface area contributed by atoms with E-state index in [1.165, 1.54) is 43.2 Å². The Bertz CT molecular complexity index is 1680. The average molecular weight is 684 g/mol. The van der Waals surface area contributed by atoms with Gasteiger partial charge in [0.1, 0.15) is 5.78 Å².